The first-order valence-electron chi connectivity index (χ1n) is 11.0. The van der Waals surface area contributed by atoms with Crippen LogP contribution in [-0.4, -0.2) is 64.4 Å². The predicted molar refractivity (Wildman–Crippen MR) is 118 cm³/mol. The van der Waals surface area contributed by atoms with Crippen LogP contribution in [0.5, 0.6) is 17.2 Å². The number of amides is 2. The third kappa shape index (κ3) is 3.04. The van der Waals surface area contributed by atoms with Crippen LogP contribution in [-0.2, 0) is 16.0 Å². The Labute approximate surface area is 194 Å². The van der Waals surface area contributed by atoms with Crippen molar-refractivity contribution in [1.29, 1.82) is 0 Å². The molecule has 6 rings (SSSR count). The molecule has 34 heavy (non-hydrogen) atoms. The number of hydrogen-bond donors (Lipinski definition) is 0. The number of carbonyl (C=O) groups excluding carboxylic acids is 2. The van der Waals surface area contributed by atoms with Crippen LogP contribution >= 0.6 is 0 Å². The van der Waals surface area contributed by atoms with E-state index in [1.165, 1.54) is 4.90 Å². The molecular weight excluding hydrogens is 440 g/mol. The average molecular weight is 462 g/mol. The number of likely N-dealkylation sites (N-methyl/N-ethyl adjacent to an activating group) is 1. The van der Waals surface area contributed by atoms with Crippen LogP contribution in [0.4, 0.5) is 5.69 Å². The molecule has 1 saturated heterocycles. The zero-order valence-corrected chi connectivity index (χ0v) is 18.7. The molecule has 2 aromatic carbocycles. The van der Waals surface area contributed by atoms with Crippen molar-refractivity contribution in [1.82, 2.24) is 25.1 Å². The van der Waals surface area contributed by atoms with E-state index in [0.717, 1.165) is 24.1 Å². The molecule has 11 heteroatoms. The van der Waals surface area contributed by atoms with E-state index in [1.54, 1.807) is 30.0 Å². The number of methoxy groups -OCH3 is 1. The van der Waals surface area contributed by atoms with Crippen molar-refractivity contribution in [3.05, 3.63) is 47.3 Å². The van der Waals surface area contributed by atoms with Crippen LogP contribution in [0.25, 0.3) is 5.69 Å². The topological polar surface area (TPSA) is 112 Å². The third-order valence-corrected chi connectivity index (χ3v) is 6.52. The second-order valence-electron chi connectivity index (χ2n) is 8.44. The van der Waals surface area contributed by atoms with Crippen LogP contribution in [0.15, 0.2) is 30.3 Å². The molecule has 0 bridgehead atoms. The molecule has 174 valence electrons. The molecule has 0 radical (unpaired) electrons. The molecule has 0 N–H and O–H groups in total. The second kappa shape index (κ2) is 7.80. The van der Waals surface area contributed by atoms with E-state index in [4.69, 9.17) is 14.2 Å². The minimum Gasteiger partial charge on any atom is -0.492 e. The maximum absolute atomic E-state index is 12.3. The highest BCUT2D eigenvalue weighted by Gasteiger charge is 2.38. The van der Waals surface area contributed by atoms with Crippen molar-refractivity contribution in [2.75, 3.05) is 32.4 Å². The molecular formula is C23H22N6O5. The van der Waals surface area contributed by atoms with E-state index in [0.29, 0.717) is 34.4 Å². The molecule has 4 heterocycles. The lowest BCUT2D eigenvalue weighted by molar-refractivity contribution is -0.121. The summed E-state index contributed by atoms with van der Waals surface area (Å²) in [6, 6.07) is 8.80. The van der Waals surface area contributed by atoms with Gasteiger partial charge in [-0.15, -0.1) is 5.10 Å². The van der Waals surface area contributed by atoms with Gasteiger partial charge in [-0.3, -0.25) is 19.4 Å². The number of carbonyl (C=O) groups is 2. The molecule has 0 spiro atoms. The number of nitrogens with zero attached hydrogens (tertiary/aromatic N) is 6. The molecule has 3 aliphatic rings. The number of tetrazole rings is 1. The Bertz CT molecular complexity index is 1310. The van der Waals surface area contributed by atoms with Gasteiger partial charge in [0, 0.05) is 24.9 Å². The summed E-state index contributed by atoms with van der Waals surface area (Å²) in [5.74, 6) is 2.02. The SMILES string of the molecule is COc1c2c(cc3c1[C@H](c1nnnn1-c1cccc(N4C(=O)CCC4=O)c1)N(C)CC3)OCO2. The fourth-order valence-corrected chi connectivity index (χ4v) is 4.94. The van der Waals surface area contributed by atoms with Crippen molar-refractivity contribution in [2.45, 2.75) is 25.3 Å². The van der Waals surface area contributed by atoms with Crippen LogP contribution in [0, 0.1) is 0 Å². The van der Waals surface area contributed by atoms with Gasteiger partial charge in [0.05, 0.1) is 18.5 Å². The van der Waals surface area contributed by atoms with Crippen LogP contribution < -0.4 is 19.1 Å². The van der Waals surface area contributed by atoms with Gasteiger partial charge in [-0.1, -0.05) is 6.07 Å². The highest BCUT2D eigenvalue weighted by Crippen LogP contribution is 2.50. The van der Waals surface area contributed by atoms with Gasteiger partial charge in [-0.25, -0.2) is 0 Å². The maximum atomic E-state index is 12.3. The van der Waals surface area contributed by atoms with Gasteiger partial charge < -0.3 is 14.2 Å². The first-order chi connectivity index (χ1) is 16.6. The van der Waals surface area contributed by atoms with Gasteiger partial charge in [0.25, 0.3) is 0 Å². The van der Waals surface area contributed by atoms with E-state index in [-0.39, 0.29) is 37.5 Å². The predicted octanol–water partition coefficient (Wildman–Crippen LogP) is 1.63. The van der Waals surface area contributed by atoms with Gasteiger partial charge in [0.1, 0.15) is 6.04 Å². The van der Waals surface area contributed by atoms with E-state index in [2.05, 4.69) is 20.4 Å². The summed E-state index contributed by atoms with van der Waals surface area (Å²) >= 11 is 0. The van der Waals surface area contributed by atoms with E-state index in [9.17, 15) is 9.59 Å². The van der Waals surface area contributed by atoms with Crippen molar-refractivity contribution in [3.63, 3.8) is 0 Å². The summed E-state index contributed by atoms with van der Waals surface area (Å²) in [6.07, 6.45) is 1.25. The summed E-state index contributed by atoms with van der Waals surface area (Å²) < 4.78 is 18.7. The minimum atomic E-state index is -0.318. The normalized spacial score (nSPS) is 19.6. The Morgan fingerprint density at radius 3 is 2.65 bits per heavy atom. The lowest BCUT2D eigenvalue weighted by Crippen LogP contribution is -2.35. The average Bonchev–Trinajstić information content (AvgIpc) is 3.58. The Kier molecular flexibility index (Phi) is 4.73. The lowest BCUT2D eigenvalue weighted by atomic mass is 9.90. The number of imide groups is 1. The Balaban J connectivity index is 1.47. The molecule has 11 nitrogen and oxygen atoms in total. The highest BCUT2D eigenvalue weighted by molar-refractivity contribution is 6.19. The number of aromatic nitrogens is 4. The molecule has 1 fully saturated rings. The molecule has 3 aromatic rings. The maximum Gasteiger partial charge on any atom is 0.234 e. The smallest absolute Gasteiger partial charge is 0.234 e. The molecule has 0 aliphatic carbocycles. The summed E-state index contributed by atoms with van der Waals surface area (Å²) in [4.78, 5) is 27.9. The molecule has 3 aliphatic heterocycles. The lowest BCUT2D eigenvalue weighted by Gasteiger charge is -2.34. The van der Waals surface area contributed by atoms with E-state index < -0.39 is 0 Å². The second-order valence-corrected chi connectivity index (χ2v) is 8.44. The largest absolute Gasteiger partial charge is 0.492 e. The summed E-state index contributed by atoms with van der Waals surface area (Å²) in [5, 5.41) is 12.6. The van der Waals surface area contributed by atoms with Crippen molar-refractivity contribution in [2.24, 2.45) is 0 Å². The van der Waals surface area contributed by atoms with Gasteiger partial charge in [0.2, 0.25) is 24.4 Å². The standard InChI is InChI=1S/C23H22N6O5/c1-27-9-8-13-10-16-21(34-12-33-16)22(32-2)19(13)20(27)23-24-25-26-29(23)15-5-3-4-14(11-15)28-17(30)6-7-18(28)31/h3-5,10-11,20H,6-9,12H2,1-2H3/t20-/m1/s1. The number of benzene rings is 2. The first kappa shape index (κ1) is 20.6. The van der Waals surface area contributed by atoms with Gasteiger partial charge in [-0.05, 0) is 53.7 Å². The first-order valence-corrected chi connectivity index (χ1v) is 11.0. The molecule has 0 unspecified atom stereocenters. The monoisotopic (exact) mass is 462 g/mol. The molecule has 0 saturated carbocycles. The van der Waals surface area contributed by atoms with Crippen LogP contribution in [0.1, 0.15) is 35.8 Å². The molecule has 1 atom stereocenters. The zero-order valence-electron chi connectivity index (χ0n) is 18.7. The molecule has 1 aromatic heterocycles. The van der Waals surface area contributed by atoms with Crippen LogP contribution in [0.3, 0.4) is 0 Å². The summed E-state index contributed by atoms with van der Waals surface area (Å²) in [5.41, 5.74) is 3.16. The Hall–Kier alpha value is -3.99. The third-order valence-electron chi connectivity index (χ3n) is 6.52. The number of rotatable bonds is 4. The van der Waals surface area contributed by atoms with Gasteiger partial charge in [-0.2, -0.15) is 4.68 Å². The summed E-state index contributed by atoms with van der Waals surface area (Å²) in [6.45, 7) is 0.928. The zero-order chi connectivity index (χ0) is 23.4. The van der Waals surface area contributed by atoms with Gasteiger partial charge >= 0.3 is 0 Å². The number of ether oxygens (including phenoxy) is 3. The van der Waals surface area contributed by atoms with E-state index >= 15 is 0 Å². The quantitative estimate of drug-likeness (QED) is 0.534. The van der Waals surface area contributed by atoms with Gasteiger partial charge in [0.15, 0.2) is 17.3 Å². The molecule has 2 amide bonds. The Morgan fingerprint density at radius 2 is 1.85 bits per heavy atom. The van der Waals surface area contributed by atoms with Crippen molar-refractivity contribution < 1.29 is 23.8 Å². The minimum absolute atomic E-state index is 0.146. The number of hydrogen-bond acceptors (Lipinski definition) is 9. The summed E-state index contributed by atoms with van der Waals surface area (Å²) in [7, 11) is 3.62. The number of fused-ring (bicyclic) bond motifs is 2. The van der Waals surface area contributed by atoms with E-state index in [1.807, 2.05) is 19.2 Å². The fourth-order valence-electron chi connectivity index (χ4n) is 4.94. The van der Waals surface area contributed by atoms with Crippen LogP contribution in [0.2, 0.25) is 0 Å². The fraction of sp³-hybridized carbons (Fsp3) is 0.348. The van der Waals surface area contributed by atoms with Crippen molar-refractivity contribution in [3.8, 4) is 22.9 Å². The number of anilines is 1. The van der Waals surface area contributed by atoms with Crippen molar-refractivity contribution >= 4 is 17.5 Å². The Morgan fingerprint density at radius 1 is 1.06 bits per heavy atom. The highest BCUT2D eigenvalue weighted by atomic mass is 16.7.